The summed E-state index contributed by atoms with van der Waals surface area (Å²) >= 11 is 6.01. The average Bonchev–Trinajstić information content (AvgIpc) is 2.56. The summed E-state index contributed by atoms with van der Waals surface area (Å²) in [7, 11) is 0.138. The number of nitrogens with zero attached hydrogens (tertiary/aromatic N) is 1. The highest BCUT2D eigenvalue weighted by atomic mass is 35.5. The van der Waals surface area contributed by atoms with Crippen LogP contribution < -0.4 is 9.46 Å². The van der Waals surface area contributed by atoms with Gasteiger partial charge in [-0.25, -0.2) is 13.1 Å². The summed E-state index contributed by atoms with van der Waals surface area (Å²) in [4.78, 5) is 2.05. The lowest BCUT2D eigenvalue weighted by Gasteiger charge is -2.25. The summed E-state index contributed by atoms with van der Waals surface area (Å²) in [5, 5.41) is 0.206. The van der Waals surface area contributed by atoms with Gasteiger partial charge in [-0.05, 0) is 50.8 Å². The van der Waals surface area contributed by atoms with Crippen LogP contribution in [0.15, 0.2) is 53.4 Å². The number of sulfonamides is 1. The molecule has 2 rings (SSSR count). The molecule has 7 heteroatoms. The third-order valence-corrected chi connectivity index (χ3v) is 5.72. The molecule has 1 N–H and O–H groups in total. The molecule has 1 atom stereocenters. The van der Waals surface area contributed by atoms with Crippen molar-refractivity contribution in [1.82, 2.24) is 9.62 Å². The zero-order valence-electron chi connectivity index (χ0n) is 14.6. The van der Waals surface area contributed by atoms with E-state index in [1.807, 2.05) is 50.2 Å². The molecule has 2 aromatic rings. The monoisotopic (exact) mass is 382 g/mol. The van der Waals surface area contributed by atoms with Crippen molar-refractivity contribution in [1.29, 1.82) is 0 Å². The molecule has 0 aromatic heterocycles. The van der Waals surface area contributed by atoms with Crippen molar-refractivity contribution in [2.45, 2.75) is 17.9 Å². The van der Waals surface area contributed by atoms with E-state index in [9.17, 15) is 8.42 Å². The van der Waals surface area contributed by atoms with Gasteiger partial charge in [0, 0.05) is 12.6 Å². The van der Waals surface area contributed by atoms with E-state index in [-0.39, 0.29) is 22.5 Å². The van der Waals surface area contributed by atoms with Gasteiger partial charge in [-0.3, -0.25) is 0 Å². The predicted molar refractivity (Wildman–Crippen MR) is 101 cm³/mol. The van der Waals surface area contributed by atoms with Crippen molar-refractivity contribution < 1.29 is 13.2 Å². The summed E-state index contributed by atoms with van der Waals surface area (Å²) in [6.45, 7) is 2.77. The van der Waals surface area contributed by atoms with Gasteiger partial charge in [-0.1, -0.05) is 35.9 Å². The molecule has 0 aliphatic rings. The lowest BCUT2D eigenvalue weighted by molar-refractivity contribution is 0.298. The van der Waals surface area contributed by atoms with Crippen LogP contribution in [0.5, 0.6) is 5.75 Å². The lowest BCUT2D eigenvalue weighted by Crippen LogP contribution is -2.34. The minimum Gasteiger partial charge on any atom is -0.494 e. The zero-order valence-corrected chi connectivity index (χ0v) is 16.1. The van der Waals surface area contributed by atoms with E-state index >= 15 is 0 Å². The summed E-state index contributed by atoms with van der Waals surface area (Å²) in [5.74, 6) is 0.792. The molecular weight excluding hydrogens is 360 g/mol. The zero-order chi connectivity index (χ0) is 18.4. The quantitative estimate of drug-likeness (QED) is 0.760. The highest BCUT2D eigenvalue weighted by Gasteiger charge is 2.21. The Balaban J connectivity index is 2.15. The topological polar surface area (TPSA) is 58.6 Å². The summed E-state index contributed by atoms with van der Waals surface area (Å²) < 4.78 is 33.1. The van der Waals surface area contributed by atoms with Crippen LogP contribution in [0.1, 0.15) is 18.5 Å². The van der Waals surface area contributed by atoms with Crippen LogP contribution in [0.3, 0.4) is 0 Å². The molecule has 0 saturated heterocycles. The van der Waals surface area contributed by atoms with E-state index in [4.69, 9.17) is 16.3 Å². The van der Waals surface area contributed by atoms with E-state index < -0.39 is 10.0 Å². The summed E-state index contributed by atoms with van der Waals surface area (Å²) in [6.07, 6.45) is 0. The van der Waals surface area contributed by atoms with Crippen molar-refractivity contribution in [2.75, 3.05) is 27.2 Å². The molecule has 0 saturated carbocycles. The van der Waals surface area contributed by atoms with Gasteiger partial charge >= 0.3 is 0 Å². The SMILES string of the molecule is CCOc1ccc(C(CNS(=O)(=O)c2ccccc2Cl)N(C)C)cc1. The molecule has 136 valence electrons. The van der Waals surface area contributed by atoms with E-state index in [0.717, 1.165) is 11.3 Å². The van der Waals surface area contributed by atoms with Gasteiger partial charge in [0.25, 0.3) is 0 Å². The van der Waals surface area contributed by atoms with Gasteiger partial charge in [0.1, 0.15) is 10.6 Å². The molecule has 0 heterocycles. The molecule has 0 aliphatic heterocycles. The van der Waals surface area contributed by atoms with Crippen molar-refractivity contribution in [3.63, 3.8) is 0 Å². The van der Waals surface area contributed by atoms with Crippen LogP contribution >= 0.6 is 11.6 Å². The molecule has 0 aliphatic carbocycles. The highest BCUT2D eigenvalue weighted by Crippen LogP contribution is 2.23. The second-order valence-corrected chi connectivity index (χ2v) is 7.91. The van der Waals surface area contributed by atoms with Crippen LogP contribution in [-0.2, 0) is 10.0 Å². The van der Waals surface area contributed by atoms with Crippen LogP contribution in [0.25, 0.3) is 0 Å². The molecule has 1 unspecified atom stereocenters. The molecule has 2 aromatic carbocycles. The predicted octanol–water partition coefficient (Wildman–Crippen LogP) is 3.32. The third-order valence-electron chi connectivity index (χ3n) is 3.79. The van der Waals surface area contributed by atoms with Crippen LogP contribution in [0, 0.1) is 0 Å². The van der Waals surface area contributed by atoms with Gasteiger partial charge < -0.3 is 9.64 Å². The molecular formula is C18H23ClN2O3S. The highest BCUT2D eigenvalue weighted by molar-refractivity contribution is 7.89. The van der Waals surface area contributed by atoms with Crippen LogP contribution in [-0.4, -0.2) is 40.6 Å². The second kappa shape index (κ2) is 8.67. The average molecular weight is 383 g/mol. The Hall–Kier alpha value is -1.60. The third kappa shape index (κ3) is 5.19. The first-order valence-corrected chi connectivity index (χ1v) is 9.84. The lowest BCUT2D eigenvalue weighted by atomic mass is 10.1. The largest absolute Gasteiger partial charge is 0.494 e. The number of hydrogen-bond donors (Lipinski definition) is 1. The molecule has 5 nitrogen and oxygen atoms in total. The van der Waals surface area contributed by atoms with E-state index in [1.54, 1.807) is 18.2 Å². The Kier molecular flexibility index (Phi) is 6.84. The maximum absolute atomic E-state index is 12.5. The number of hydrogen-bond acceptors (Lipinski definition) is 4. The number of nitrogens with one attached hydrogen (secondary N) is 1. The van der Waals surface area contributed by atoms with Gasteiger partial charge in [0.05, 0.1) is 11.6 Å². The number of likely N-dealkylation sites (N-methyl/N-ethyl adjacent to an activating group) is 1. The van der Waals surface area contributed by atoms with E-state index in [1.165, 1.54) is 6.07 Å². The van der Waals surface area contributed by atoms with E-state index in [2.05, 4.69) is 4.72 Å². The number of ether oxygens (including phenoxy) is 1. The van der Waals surface area contributed by atoms with Crippen molar-refractivity contribution in [3.8, 4) is 5.75 Å². The maximum atomic E-state index is 12.5. The van der Waals surface area contributed by atoms with Gasteiger partial charge in [0.15, 0.2) is 0 Å². The number of halogens is 1. The van der Waals surface area contributed by atoms with Gasteiger partial charge in [-0.15, -0.1) is 0 Å². The fraction of sp³-hybridized carbons (Fsp3) is 0.333. The molecule has 0 bridgehead atoms. The number of rotatable bonds is 8. The minimum absolute atomic E-state index is 0.0841. The van der Waals surface area contributed by atoms with Crippen molar-refractivity contribution in [3.05, 3.63) is 59.1 Å². The molecule has 25 heavy (non-hydrogen) atoms. The molecule has 0 fully saturated rings. The van der Waals surface area contributed by atoms with Crippen LogP contribution in [0.4, 0.5) is 0 Å². The Morgan fingerprint density at radius 3 is 2.32 bits per heavy atom. The summed E-state index contributed by atoms with van der Waals surface area (Å²) in [6, 6.07) is 13.9. The maximum Gasteiger partial charge on any atom is 0.242 e. The Morgan fingerprint density at radius 1 is 1.12 bits per heavy atom. The fourth-order valence-corrected chi connectivity index (χ4v) is 4.04. The van der Waals surface area contributed by atoms with Gasteiger partial charge in [0.2, 0.25) is 10.0 Å². The van der Waals surface area contributed by atoms with Gasteiger partial charge in [-0.2, -0.15) is 0 Å². The first kappa shape index (κ1) is 19.7. The second-order valence-electron chi connectivity index (χ2n) is 5.76. The number of benzene rings is 2. The van der Waals surface area contributed by atoms with Crippen LogP contribution in [0.2, 0.25) is 5.02 Å². The first-order valence-electron chi connectivity index (χ1n) is 7.98. The first-order chi connectivity index (χ1) is 11.8. The van der Waals surface area contributed by atoms with Crippen molar-refractivity contribution in [2.24, 2.45) is 0 Å². The Morgan fingerprint density at radius 2 is 1.76 bits per heavy atom. The fourth-order valence-electron chi connectivity index (χ4n) is 2.48. The van der Waals surface area contributed by atoms with Crippen molar-refractivity contribution >= 4 is 21.6 Å². The van der Waals surface area contributed by atoms with E-state index in [0.29, 0.717) is 6.61 Å². The Labute approximate surface area is 154 Å². The molecule has 0 spiro atoms. The Bertz CT molecular complexity index is 792. The summed E-state index contributed by atoms with van der Waals surface area (Å²) in [5.41, 5.74) is 0.996. The smallest absolute Gasteiger partial charge is 0.242 e. The normalized spacial score (nSPS) is 13.0. The molecule has 0 amide bonds. The standard InChI is InChI=1S/C18H23ClN2O3S/c1-4-24-15-11-9-14(10-12-15)17(21(2)3)13-20-25(22,23)18-8-6-5-7-16(18)19/h5-12,17,20H,4,13H2,1-3H3. The molecule has 0 radical (unpaired) electrons. The minimum atomic E-state index is -3.68.